The van der Waals surface area contributed by atoms with E-state index in [9.17, 15) is 9.90 Å². The lowest BCUT2D eigenvalue weighted by atomic mass is 10.1. The van der Waals surface area contributed by atoms with Crippen LogP contribution < -0.4 is 10.1 Å². The third kappa shape index (κ3) is 3.87. The molecule has 5 nitrogen and oxygen atoms in total. The van der Waals surface area contributed by atoms with Gasteiger partial charge in [-0.2, -0.15) is 0 Å². The molecule has 1 saturated heterocycles. The number of phenolic OH excluding ortho intramolecular Hbond substituents is 1. The largest absolute Gasteiger partial charge is 0.504 e. The smallest absolute Gasteiger partial charge is 0.222 e. The molecule has 1 aromatic carbocycles. The Hall–Kier alpha value is -1.75. The molecule has 0 radical (unpaired) electrons. The lowest BCUT2D eigenvalue weighted by molar-refractivity contribution is -0.131. The maximum atomic E-state index is 12.1. The summed E-state index contributed by atoms with van der Waals surface area (Å²) in [6.45, 7) is 5.72. The number of carbonyl (C=O) groups excluding carboxylic acids is 1. The minimum absolute atomic E-state index is 0.143. The number of nitrogens with zero attached hydrogens (tertiary/aromatic N) is 1. The van der Waals surface area contributed by atoms with E-state index in [4.69, 9.17) is 4.74 Å². The standard InChI is InChI=1S/C15H22N2O3/c1-2-20-14-11-12(3-5-13(14)18)4-6-15(19)17-9-7-16-8-10-17/h3,5,11,16,18H,2,4,6-10H2,1H3. The summed E-state index contributed by atoms with van der Waals surface area (Å²) in [7, 11) is 0. The molecular formula is C15H22N2O3. The van der Waals surface area contributed by atoms with Crippen molar-refractivity contribution in [1.82, 2.24) is 10.2 Å². The van der Waals surface area contributed by atoms with Crippen molar-refractivity contribution in [2.24, 2.45) is 0 Å². The molecule has 0 unspecified atom stereocenters. The minimum atomic E-state index is 0.143. The van der Waals surface area contributed by atoms with Gasteiger partial charge in [0.25, 0.3) is 0 Å². The van der Waals surface area contributed by atoms with E-state index in [2.05, 4.69) is 5.32 Å². The molecule has 1 fully saturated rings. The average molecular weight is 278 g/mol. The zero-order chi connectivity index (χ0) is 14.4. The highest BCUT2D eigenvalue weighted by molar-refractivity contribution is 5.76. The first-order valence-electron chi connectivity index (χ1n) is 7.14. The van der Waals surface area contributed by atoms with Crippen LogP contribution in [0.1, 0.15) is 18.9 Å². The number of hydrogen-bond acceptors (Lipinski definition) is 4. The Morgan fingerprint density at radius 2 is 2.15 bits per heavy atom. The second-order valence-corrected chi connectivity index (χ2v) is 4.87. The summed E-state index contributed by atoms with van der Waals surface area (Å²) in [5.74, 6) is 0.821. The van der Waals surface area contributed by atoms with Crippen molar-refractivity contribution in [3.63, 3.8) is 0 Å². The molecule has 5 heteroatoms. The van der Waals surface area contributed by atoms with Crippen molar-refractivity contribution >= 4 is 5.91 Å². The molecule has 0 aliphatic carbocycles. The van der Waals surface area contributed by atoms with Crippen molar-refractivity contribution in [3.8, 4) is 11.5 Å². The van der Waals surface area contributed by atoms with Crippen molar-refractivity contribution in [2.75, 3.05) is 32.8 Å². The van der Waals surface area contributed by atoms with Crippen LogP contribution in [0.15, 0.2) is 18.2 Å². The van der Waals surface area contributed by atoms with Crippen molar-refractivity contribution in [1.29, 1.82) is 0 Å². The predicted octanol–water partition coefficient (Wildman–Crippen LogP) is 1.16. The molecule has 1 aromatic rings. The molecule has 1 aliphatic rings. The van der Waals surface area contributed by atoms with Gasteiger partial charge in [-0.15, -0.1) is 0 Å². The summed E-state index contributed by atoms with van der Waals surface area (Å²) in [4.78, 5) is 14.0. The first-order chi connectivity index (χ1) is 9.70. The molecule has 110 valence electrons. The summed E-state index contributed by atoms with van der Waals surface area (Å²) in [6, 6.07) is 5.27. The van der Waals surface area contributed by atoms with Crippen LogP contribution in [0.3, 0.4) is 0 Å². The third-order valence-electron chi connectivity index (χ3n) is 3.42. The fourth-order valence-electron chi connectivity index (χ4n) is 2.31. The molecule has 2 N–H and O–H groups in total. The highest BCUT2D eigenvalue weighted by atomic mass is 16.5. The van der Waals surface area contributed by atoms with Gasteiger partial charge < -0.3 is 20.1 Å². The van der Waals surface area contributed by atoms with Gasteiger partial charge in [0, 0.05) is 32.6 Å². The van der Waals surface area contributed by atoms with Gasteiger partial charge >= 0.3 is 0 Å². The number of rotatable bonds is 5. The quantitative estimate of drug-likeness (QED) is 0.848. The van der Waals surface area contributed by atoms with Crippen LogP contribution in [0.25, 0.3) is 0 Å². The van der Waals surface area contributed by atoms with E-state index < -0.39 is 0 Å². The summed E-state index contributed by atoms with van der Waals surface area (Å²) in [5.41, 5.74) is 1.01. The number of benzene rings is 1. The Bertz CT molecular complexity index is 456. The molecule has 1 aliphatic heterocycles. The van der Waals surface area contributed by atoms with E-state index in [1.807, 2.05) is 24.0 Å². The Morgan fingerprint density at radius 1 is 1.40 bits per heavy atom. The molecule has 0 spiro atoms. The number of aromatic hydroxyl groups is 1. The number of piperazine rings is 1. The Kier molecular flexibility index (Phi) is 5.24. The van der Waals surface area contributed by atoms with E-state index in [1.54, 1.807) is 6.07 Å². The van der Waals surface area contributed by atoms with Crippen molar-refractivity contribution in [2.45, 2.75) is 19.8 Å². The fourth-order valence-corrected chi connectivity index (χ4v) is 2.31. The van der Waals surface area contributed by atoms with Crippen LogP contribution in [0.5, 0.6) is 11.5 Å². The first-order valence-corrected chi connectivity index (χ1v) is 7.14. The van der Waals surface area contributed by atoms with Gasteiger partial charge in [0.05, 0.1) is 6.61 Å². The van der Waals surface area contributed by atoms with Crippen LogP contribution >= 0.6 is 0 Å². The zero-order valence-corrected chi connectivity index (χ0v) is 11.9. The molecule has 20 heavy (non-hydrogen) atoms. The van der Waals surface area contributed by atoms with Crippen molar-refractivity contribution < 1.29 is 14.6 Å². The Labute approximate surface area is 119 Å². The molecule has 1 heterocycles. The summed E-state index contributed by atoms with van der Waals surface area (Å²) < 4.78 is 5.35. The predicted molar refractivity (Wildman–Crippen MR) is 77.0 cm³/mol. The van der Waals surface area contributed by atoms with Gasteiger partial charge in [0.15, 0.2) is 11.5 Å². The number of nitrogens with one attached hydrogen (secondary N) is 1. The number of aryl methyl sites for hydroxylation is 1. The van der Waals surface area contributed by atoms with Gasteiger partial charge in [-0.1, -0.05) is 6.07 Å². The number of carbonyl (C=O) groups is 1. The van der Waals surface area contributed by atoms with Crippen LogP contribution in [-0.2, 0) is 11.2 Å². The normalized spacial score (nSPS) is 15.2. The van der Waals surface area contributed by atoms with Gasteiger partial charge in [-0.3, -0.25) is 4.79 Å². The Balaban J connectivity index is 1.89. The molecular weight excluding hydrogens is 256 g/mol. The molecule has 0 aromatic heterocycles. The minimum Gasteiger partial charge on any atom is -0.504 e. The topological polar surface area (TPSA) is 61.8 Å². The second-order valence-electron chi connectivity index (χ2n) is 4.87. The van der Waals surface area contributed by atoms with Crippen LogP contribution in [0.4, 0.5) is 0 Å². The lowest BCUT2D eigenvalue weighted by Crippen LogP contribution is -2.46. The SMILES string of the molecule is CCOc1cc(CCC(=O)N2CCNCC2)ccc1O. The van der Waals surface area contributed by atoms with Gasteiger partial charge in [0.2, 0.25) is 5.91 Å². The monoisotopic (exact) mass is 278 g/mol. The van der Waals surface area contributed by atoms with Crippen LogP contribution in [-0.4, -0.2) is 48.7 Å². The van der Waals surface area contributed by atoms with E-state index in [1.165, 1.54) is 0 Å². The van der Waals surface area contributed by atoms with Crippen LogP contribution in [0, 0.1) is 0 Å². The lowest BCUT2D eigenvalue weighted by Gasteiger charge is -2.27. The number of amides is 1. The summed E-state index contributed by atoms with van der Waals surface area (Å²) >= 11 is 0. The second kappa shape index (κ2) is 7.14. The molecule has 0 atom stereocenters. The highest BCUT2D eigenvalue weighted by Crippen LogP contribution is 2.27. The van der Waals surface area contributed by atoms with E-state index in [0.717, 1.165) is 31.7 Å². The molecule has 0 saturated carbocycles. The van der Waals surface area contributed by atoms with Gasteiger partial charge in [-0.05, 0) is 31.0 Å². The average Bonchev–Trinajstić information content (AvgIpc) is 2.49. The molecule has 2 rings (SSSR count). The zero-order valence-electron chi connectivity index (χ0n) is 11.9. The number of hydrogen-bond donors (Lipinski definition) is 2. The van der Waals surface area contributed by atoms with E-state index in [0.29, 0.717) is 25.2 Å². The fraction of sp³-hybridized carbons (Fsp3) is 0.533. The molecule has 0 bridgehead atoms. The number of ether oxygens (including phenoxy) is 1. The number of phenols is 1. The van der Waals surface area contributed by atoms with Gasteiger partial charge in [-0.25, -0.2) is 0 Å². The third-order valence-corrected chi connectivity index (χ3v) is 3.42. The van der Waals surface area contributed by atoms with E-state index in [-0.39, 0.29) is 11.7 Å². The van der Waals surface area contributed by atoms with Gasteiger partial charge in [0.1, 0.15) is 0 Å². The van der Waals surface area contributed by atoms with Crippen LogP contribution in [0.2, 0.25) is 0 Å². The first kappa shape index (κ1) is 14.7. The maximum absolute atomic E-state index is 12.1. The summed E-state index contributed by atoms with van der Waals surface area (Å²) in [5, 5.41) is 12.9. The maximum Gasteiger partial charge on any atom is 0.222 e. The van der Waals surface area contributed by atoms with Crippen molar-refractivity contribution in [3.05, 3.63) is 23.8 Å². The highest BCUT2D eigenvalue weighted by Gasteiger charge is 2.16. The molecule has 1 amide bonds. The summed E-state index contributed by atoms with van der Waals surface area (Å²) in [6.07, 6.45) is 1.17. The van der Waals surface area contributed by atoms with E-state index >= 15 is 0 Å². The Morgan fingerprint density at radius 3 is 2.85 bits per heavy atom.